The van der Waals surface area contributed by atoms with E-state index in [0.29, 0.717) is 6.10 Å². The van der Waals surface area contributed by atoms with Crippen LogP contribution in [0.5, 0.6) is 0 Å². The Labute approximate surface area is 120 Å². The predicted octanol–water partition coefficient (Wildman–Crippen LogP) is 4.95. The molecule has 2 aliphatic rings. The molecule has 1 saturated carbocycles. The molecule has 4 rings (SSSR count). The molecule has 0 radical (unpaired) electrons. The summed E-state index contributed by atoms with van der Waals surface area (Å²) in [5, 5.41) is 2.59. The van der Waals surface area contributed by atoms with E-state index in [0.717, 1.165) is 0 Å². The molecular formula is C19H20O. The lowest BCUT2D eigenvalue weighted by Crippen LogP contribution is -2.24. The lowest BCUT2D eigenvalue weighted by molar-refractivity contribution is -0.0253. The van der Waals surface area contributed by atoms with Gasteiger partial charge in [-0.1, -0.05) is 42.8 Å². The van der Waals surface area contributed by atoms with Crippen molar-refractivity contribution in [2.75, 3.05) is 0 Å². The molecule has 0 unspecified atom stereocenters. The van der Waals surface area contributed by atoms with E-state index in [1.54, 1.807) is 0 Å². The molecule has 1 heteroatoms. The Morgan fingerprint density at radius 2 is 1.90 bits per heavy atom. The summed E-state index contributed by atoms with van der Waals surface area (Å²) in [6.07, 6.45) is 7.76. The van der Waals surface area contributed by atoms with Crippen LogP contribution < -0.4 is 0 Å². The summed E-state index contributed by atoms with van der Waals surface area (Å²) < 4.78 is 6.40. The predicted molar refractivity (Wildman–Crippen MR) is 82.7 cm³/mol. The van der Waals surface area contributed by atoms with Gasteiger partial charge >= 0.3 is 0 Å². The third-order valence-corrected chi connectivity index (χ3v) is 4.77. The van der Waals surface area contributed by atoms with Crippen LogP contribution in [0.25, 0.3) is 10.8 Å². The lowest BCUT2D eigenvalue weighted by atomic mass is 9.89. The van der Waals surface area contributed by atoms with Crippen molar-refractivity contribution in [3.8, 4) is 0 Å². The molecule has 2 aromatic carbocycles. The molecule has 0 aromatic heterocycles. The fourth-order valence-corrected chi connectivity index (χ4v) is 3.64. The Balaban J connectivity index is 1.76. The van der Waals surface area contributed by atoms with Crippen LogP contribution in [-0.4, -0.2) is 6.10 Å². The molecule has 0 amide bonds. The quantitative estimate of drug-likeness (QED) is 0.662. The Bertz CT molecular complexity index is 685. The Hall–Kier alpha value is -1.60. The summed E-state index contributed by atoms with van der Waals surface area (Å²) in [7, 11) is 0. The van der Waals surface area contributed by atoms with Crippen molar-refractivity contribution >= 4 is 10.8 Å². The van der Waals surface area contributed by atoms with Crippen molar-refractivity contribution < 1.29 is 4.74 Å². The second-order valence-electron chi connectivity index (χ2n) is 6.24. The first kappa shape index (κ1) is 12.2. The molecule has 2 atom stereocenters. The van der Waals surface area contributed by atoms with Crippen molar-refractivity contribution in [3.63, 3.8) is 0 Å². The maximum absolute atomic E-state index is 6.40. The third kappa shape index (κ3) is 1.89. The SMILES string of the molecule is C[C@]1(c2ccc3ccccc3c2)C=C2CCCC[C@H]2O1. The van der Waals surface area contributed by atoms with E-state index in [4.69, 9.17) is 4.74 Å². The van der Waals surface area contributed by atoms with Gasteiger partial charge in [-0.3, -0.25) is 0 Å². The summed E-state index contributed by atoms with van der Waals surface area (Å²) in [5.41, 5.74) is 2.55. The molecule has 1 aliphatic carbocycles. The molecule has 20 heavy (non-hydrogen) atoms. The standard InChI is InChI=1S/C19H20O/c1-19(13-16-8-4-5-9-18(16)20-19)17-11-10-14-6-2-3-7-15(14)12-17/h2-3,6-7,10-13,18H,4-5,8-9H2,1H3/t18-,19-/m1/s1. The van der Waals surface area contributed by atoms with E-state index in [-0.39, 0.29) is 5.60 Å². The number of hydrogen-bond acceptors (Lipinski definition) is 1. The van der Waals surface area contributed by atoms with Gasteiger partial charge in [-0.05, 0) is 60.2 Å². The molecule has 1 heterocycles. The van der Waals surface area contributed by atoms with Crippen LogP contribution >= 0.6 is 0 Å². The van der Waals surface area contributed by atoms with Crippen LogP contribution in [0.4, 0.5) is 0 Å². The Morgan fingerprint density at radius 3 is 2.75 bits per heavy atom. The Morgan fingerprint density at radius 1 is 1.05 bits per heavy atom. The zero-order chi connectivity index (χ0) is 13.6. The zero-order valence-electron chi connectivity index (χ0n) is 11.9. The maximum atomic E-state index is 6.40. The summed E-state index contributed by atoms with van der Waals surface area (Å²) >= 11 is 0. The van der Waals surface area contributed by atoms with Gasteiger partial charge in [-0.2, -0.15) is 0 Å². The highest BCUT2D eigenvalue weighted by Gasteiger charge is 2.38. The lowest BCUT2D eigenvalue weighted by Gasteiger charge is -2.27. The van der Waals surface area contributed by atoms with Gasteiger partial charge in [-0.15, -0.1) is 0 Å². The van der Waals surface area contributed by atoms with Gasteiger partial charge < -0.3 is 4.74 Å². The van der Waals surface area contributed by atoms with Gasteiger partial charge in [0.2, 0.25) is 0 Å². The fourth-order valence-electron chi connectivity index (χ4n) is 3.64. The summed E-state index contributed by atoms with van der Waals surface area (Å²) in [6.45, 7) is 2.21. The monoisotopic (exact) mass is 264 g/mol. The topological polar surface area (TPSA) is 9.23 Å². The highest BCUT2D eigenvalue weighted by molar-refractivity contribution is 5.83. The molecule has 1 aliphatic heterocycles. The largest absolute Gasteiger partial charge is 0.359 e. The van der Waals surface area contributed by atoms with E-state index in [9.17, 15) is 0 Å². The fraction of sp³-hybridized carbons (Fsp3) is 0.368. The number of ether oxygens (including phenoxy) is 1. The number of fused-ring (bicyclic) bond motifs is 2. The van der Waals surface area contributed by atoms with Crippen molar-refractivity contribution in [3.05, 3.63) is 59.7 Å². The van der Waals surface area contributed by atoms with Crippen molar-refractivity contribution in [1.82, 2.24) is 0 Å². The molecule has 1 nitrogen and oxygen atoms in total. The number of benzene rings is 2. The van der Waals surface area contributed by atoms with Crippen LogP contribution in [-0.2, 0) is 10.3 Å². The van der Waals surface area contributed by atoms with Gasteiger partial charge in [0.25, 0.3) is 0 Å². The Kier molecular flexibility index (Phi) is 2.71. The molecule has 1 fully saturated rings. The molecule has 2 aromatic rings. The van der Waals surface area contributed by atoms with Crippen LogP contribution in [0.1, 0.15) is 38.2 Å². The third-order valence-electron chi connectivity index (χ3n) is 4.77. The first-order chi connectivity index (χ1) is 9.74. The zero-order valence-corrected chi connectivity index (χ0v) is 11.9. The highest BCUT2D eigenvalue weighted by atomic mass is 16.5. The average molecular weight is 264 g/mol. The summed E-state index contributed by atoms with van der Waals surface area (Å²) in [5.74, 6) is 0. The molecule has 102 valence electrons. The molecular weight excluding hydrogens is 244 g/mol. The summed E-state index contributed by atoms with van der Waals surface area (Å²) in [6, 6.07) is 15.2. The van der Waals surface area contributed by atoms with E-state index >= 15 is 0 Å². The van der Waals surface area contributed by atoms with Gasteiger partial charge in [0, 0.05) is 0 Å². The van der Waals surface area contributed by atoms with Crippen LogP contribution in [0, 0.1) is 0 Å². The first-order valence-corrected chi connectivity index (χ1v) is 7.63. The highest BCUT2D eigenvalue weighted by Crippen LogP contribution is 2.43. The first-order valence-electron chi connectivity index (χ1n) is 7.63. The van der Waals surface area contributed by atoms with E-state index in [1.165, 1.54) is 47.6 Å². The summed E-state index contributed by atoms with van der Waals surface area (Å²) in [4.78, 5) is 0. The van der Waals surface area contributed by atoms with Gasteiger partial charge in [-0.25, -0.2) is 0 Å². The molecule has 0 spiro atoms. The van der Waals surface area contributed by atoms with Gasteiger partial charge in [0.15, 0.2) is 0 Å². The van der Waals surface area contributed by atoms with Gasteiger partial charge in [0.05, 0.1) is 6.10 Å². The number of rotatable bonds is 1. The van der Waals surface area contributed by atoms with E-state index < -0.39 is 0 Å². The molecule has 0 saturated heterocycles. The second-order valence-corrected chi connectivity index (χ2v) is 6.24. The molecule has 0 bridgehead atoms. The normalized spacial score (nSPS) is 29.2. The van der Waals surface area contributed by atoms with E-state index in [1.807, 2.05) is 0 Å². The maximum Gasteiger partial charge on any atom is 0.110 e. The minimum absolute atomic E-state index is 0.242. The van der Waals surface area contributed by atoms with Crippen LogP contribution in [0.15, 0.2) is 54.1 Å². The molecule has 0 N–H and O–H groups in total. The minimum atomic E-state index is -0.242. The minimum Gasteiger partial charge on any atom is -0.359 e. The average Bonchev–Trinajstić information content (AvgIpc) is 2.84. The van der Waals surface area contributed by atoms with Gasteiger partial charge in [0.1, 0.15) is 5.60 Å². The number of hydrogen-bond donors (Lipinski definition) is 0. The second kappa shape index (κ2) is 4.46. The van der Waals surface area contributed by atoms with Crippen molar-refractivity contribution in [2.45, 2.75) is 44.3 Å². The van der Waals surface area contributed by atoms with E-state index in [2.05, 4.69) is 55.5 Å². The smallest absolute Gasteiger partial charge is 0.110 e. The van der Waals surface area contributed by atoms with Crippen LogP contribution in [0.2, 0.25) is 0 Å². The van der Waals surface area contributed by atoms with Crippen molar-refractivity contribution in [2.24, 2.45) is 0 Å². The van der Waals surface area contributed by atoms with Crippen LogP contribution in [0.3, 0.4) is 0 Å². The van der Waals surface area contributed by atoms with Crippen molar-refractivity contribution in [1.29, 1.82) is 0 Å².